The molecule has 3 aliphatic rings. The summed E-state index contributed by atoms with van der Waals surface area (Å²) in [6.07, 6.45) is 1.13. The zero-order valence-electron chi connectivity index (χ0n) is 19.6. The summed E-state index contributed by atoms with van der Waals surface area (Å²) >= 11 is 6.64. The summed E-state index contributed by atoms with van der Waals surface area (Å²) in [6, 6.07) is 10.7. The molecule has 5 rings (SSSR count). The van der Waals surface area contributed by atoms with Gasteiger partial charge in [-0.3, -0.25) is 9.69 Å². The molecule has 0 spiro atoms. The van der Waals surface area contributed by atoms with Crippen molar-refractivity contribution in [2.75, 3.05) is 6.54 Å². The molecule has 1 N–H and O–H groups in total. The first-order valence-electron chi connectivity index (χ1n) is 12.6. The van der Waals surface area contributed by atoms with E-state index in [0.29, 0.717) is 35.7 Å². The Kier molecular flexibility index (Phi) is 6.92. The first kappa shape index (κ1) is 24.7. The maximum absolute atomic E-state index is 12.9. The topological polar surface area (TPSA) is 49.8 Å². The van der Waals surface area contributed by atoms with E-state index in [1.807, 2.05) is 18.2 Å². The highest BCUT2D eigenvalue weighted by Crippen LogP contribution is 2.41. The van der Waals surface area contributed by atoms with E-state index in [0.717, 1.165) is 49.4 Å². The molecule has 35 heavy (non-hydrogen) atoms. The van der Waals surface area contributed by atoms with Gasteiger partial charge in [-0.05, 0) is 74.8 Å². The van der Waals surface area contributed by atoms with E-state index in [4.69, 9.17) is 16.3 Å². The molecule has 2 bridgehead atoms. The average Bonchev–Trinajstić information content (AvgIpc) is 3.05. The maximum atomic E-state index is 12.9. The summed E-state index contributed by atoms with van der Waals surface area (Å²) in [5, 5.41) is 11.8. The molecule has 2 unspecified atom stereocenters. The van der Waals surface area contributed by atoms with E-state index >= 15 is 0 Å². The number of carbonyl (C=O) groups is 1. The summed E-state index contributed by atoms with van der Waals surface area (Å²) < 4.78 is 44.8. The van der Waals surface area contributed by atoms with Crippen molar-refractivity contribution in [3.05, 3.63) is 40.9 Å². The van der Waals surface area contributed by atoms with Crippen LogP contribution in [0.25, 0.3) is 10.8 Å². The molecule has 2 aromatic carbocycles. The molecule has 2 saturated heterocycles. The monoisotopic (exact) mass is 509 g/mol. The van der Waals surface area contributed by atoms with Gasteiger partial charge in [-0.15, -0.1) is 0 Å². The average molecular weight is 510 g/mol. The van der Waals surface area contributed by atoms with E-state index in [1.54, 1.807) is 0 Å². The number of alkyl halides is 3. The summed E-state index contributed by atoms with van der Waals surface area (Å²) in [7, 11) is 0. The number of piperidine rings is 1. The SMILES string of the molecule is O=C(O)C1CC2CC[C@@H](C1)N2CCc1ccc2c(Cl)c(O[C@H]3CC[C@@H](C(F)(F)F)CC3)ccc2c1. The van der Waals surface area contributed by atoms with Gasteiger partial charge in [-0.25, -0.2) is 0 Å². The first-order chi connectivity index (χ1) is 16.7. The van der Waals surface area contributed by atoms with Gasteiger partial charge in [0.15, 0.2) is 0 Å². The van der Waals surface area contributed by atoms with Crippen LogP contribution in [0.1, 0.15) is 56.9 Å². The van der Waals surface area contributed by atoms with Crippen LogP contribution in [0.2, 0.25) is 5.02 Å². The second-order valence-corrected chi connectivity index (χ2v) is 10.8. The number of benzene rings is 2. The lowest BCUT2D eigenvalue weighted by Gasteiger charge is -2.37. The van der Waals surface area contributed by atoms with Crippen molar-refractivity contribution < 1.29 is 27.8 Å². The third-order valence-corrected chi connectivity index (χ3v) is 8.70. The van der Waals surface area contributed by atoms with Gasteiger partial charge in [0, 0.05) is 24.0 Å². The Morgan fingerprint density at radius 2 is 1.71 bits per heavy atom. The summed E-state index contributed by atoms with van der Waals surface area (Å²) in [6.45, 7) is 0.919. The van der Waals surface area contributed by atoms with Crippen LogP contribution in [-0.2, 0) is 11.2 Å². The molecule has 1 saturated carbocycles. The fourth-order valence-corrected chi connectivity index (χ4v) is 6.63. The number of fused-ring (bicyclic) bond motifs is 3. The van der Waals surface area contributed by atoms with Gasteiger partial charge in [0.2, 0.25) is 0 Å². The first-order valence-corrected chi connectivity index (χ1v) is 13.0. The second kappa shape index (κ2) is 9.81. The quantitative estimate of drug-likeness (QED) is 0.462. The van der Waals surface area contributed by atoms with Crippen LogP contribution in [0.4, 0.5) is 13.2 Å². The van der Waals surface area contributed by atoms with Crippen molar-refractivity contribution in [2.24, 2.45) is 11.8 Å². The predicted molar refractivity (Wildman–Crippen MR) is 129 cm³/mol. The summed E-state index contributed by atoms with van der Waals surface area (Å²) in [5.74, 6) is -1.57. The van der Waals surface area contributed by atoms with Crippen molar-refractivity contribution in [1.82, 2.24) is 4.90 Å². The lowest BCUT2D eigenvalue weighted by atomic mass is 9.87. The number of aliphatic carboxylic acids is 1. The van der Waals surface area contributed by atoms with Gasteiger partial charge in [0.05, 0.1) is 23.0 Å². The number of carboxylic acid groups (broad SMARTS) is 1. The maximum Gasteiger partial charge on any atom is 0.391 e. The van der Waals surface area contributed by atoms with Gasteiger partial charge >= 0.3 is 12.1 Å². The minimum atomic E-state index is -4.13. The highest BCUT2D eigenvalue weighted by molar-refractivity contribution is 6.37. The Morgan fingerprint density at radius 1 is 1.03 bits per heavy atom. The molecule has 8 heteroatoms. The van der Waals surface area contributed by atoms with Gasteiger partial charge in [-0.1, -0.05) is 35.9 Å². The number of ether oxygens (including phenoxy) is 1. The zero-order valence-corrected chi connectivity index (χ0v) is 20.3. The van der Waals surface area contributed by atoms with Crippen LogP contribution in [0, 0.1) is 11.8 Å². The van der Waals surface area contributed by atoms with Crippen LogP contribution < -0.4 is 4.74 Å². The fraction of sp³-hybridized carbons (Fsp3) is 0.593. The lowest BCUT2D eigenvalue weighted by molar-refractivity contribution is -0.185. The highest BCUT2D eigenvalue weighted by atomic mass is 35.5. The van der Waals surface area contributed by atoms with Crippen LogP contribution in [0.3, 0.4) is 0 Å². The Labute approximate surface area is 208 Å². The predicted octanol–water partition coefficient (Wildman–Crippen LogP) is 6.86. The lowest BCUT2D eigenvalue weighted by Crippen LogP contribution is -2.45. The van der Waals surface area contributed by atoms with E-state index in [9.17, 15) is 23.1 Å². The van der Waals surface area contributed by atoms with E-state index < -0.39 is 18.1 Å². The van der Waals surface area contributed by atoms with E-state index in [2.05, 4.69) is 17.0 Å². The minimum Gasteiger partial charge on any atom is -0.489 e. The molecule has 4 nitrogen and oxygen atoms in total. The van der Waals surface area contributed by atoms with Crippen molar-refractivity contribution >= 4 is 28.3 Å². The number of nitrogens with zero attached hydrogens (tertiary/aromatic N) is 1. The van der Waals surface area contributed by atoms with Crippen LogP contribution in [-0.4, -0.2) is 46.9 Å². The third-order valence-electron chi connectivity index (χ3n) is 8.31. The molecule has 1 aliphatic carbocycles. The Bertz CT molecular complexity index is 1070. The van der Waals surface area contributed by atoms with Crippen LogP contribution in [0.15, 0.2) is 30.3 Å². The number of hydrogen-bond donors (Lipinski definition) is 1. The highest BCUT2D eigenvalue weighted by Gasteiger charge is 2.43. The number of carboxylic acids is 1. The molecule has 2 aromatic rings. The molecule has 0 aromatic heterocycles. The Balaban J connectivity index is 1.21. The van der Waals surface area contributed by atoms with Crippen molar-refractivity contribution in [3.8, 4) is 5.75 Å². The summed E-state index contributed by atoms with van der Waals surface area (Å²) in [4.78, 5) is 13.9. The summed E-state index contributed by atoms with van der Waals surface area (Å²) in [5.41, 5.74) is 1.20. The Hall–Kier alpha value is -1.99. The van der Waals surface area contributed by atoms with Gasteiger partial charge in [-0.2, -0.15) is 13.2 Å². The van der Waals surface area contributed by atoms with Crippen LogP contribution in [0.5, 0.6) is 5.75 Å². The van der Waals surface area contributed by atoms with E-state index in [1.165, 1.54) is 5.56 Å². The third kappa shape index (κ3) is 5.26. The zero-order chi connectivity index (χ0) is 24.7. The van der Waals surface area contributed by atoms with Crippen molar-refractivity contribution in [3.63, 3.8) is 0 Å². The normalized spacial score (nSPS) is 29.4. The molecule has 0 radical (unpaired) electrons. The fourth-order valence-electron chi connectivity index (χ4n) is 6.35. The second-order valence-electron chi connectivity index (χ2n) is 10.4. The number of halogens is 4. The van der Waals surface area contributed by atoms with Gasteiger partial charge < -0.3 is 9.84 Å². The largest absolute Gasteiger partial charge is 0.489 e. The van der Waals surface area contributed by atoms with E-state index in [-0.39, 0.29) is 24.9 Å². The molecular weight excluding hydrogens is 479 g/mol. The molecule has 3 fully saturated rings. The van der Waals surface area contributed by atoms with Gasteiger partial charge in [0.1, 0.15) is 5.75 Å². The number of hydrogen-bond acceptors (Lipinski definition) is 3. The Morgan fingerprint density at radius 3 is 2.34 bits per heavy atom. The molecule has 0 amide bonds. The smallest absolute Gasteiger partial charge is 0.391 e. The standard InChI is InChI=1S/C27H31ClF3NO3/c28-25-23-9-1-16(11-12-32-20-5-6-21(32)15-18(14-20)26(33)34)13-17(23)2-10-24(25)35-22-7-3-19(4-8-22)27(29,30)31/h1-2,9-10,13,18-22H,3-8,11-12,14-15H2,(H,33,34)/t18?,19-,20-,21?,22+/m0/s1. The minimum absolute atomic E-state index is 0.0957. The number of rotatable bonds is 6. The molecule has 2 aliphatic heterocycles. The van der Waals surface area contributed by atoms with Crippen molar-refractivity contribution in [1.29, 1.82) is 0 Å². The molecule has 190 valence electrons. The van der Waals surface area contributed by atoms with Gasteiger partial charge in [0.25, 0.3) is 0 Å². The molecule has 3 atom stereocenters. The molecular formula is C27H31ClF3NO3. The van der Waals surface area contributed by atoms with Crippen molar-refractivity contribution in [2.45, 2.75) is 82.2 Å². The van der Waals surface area contributed by atoms with Crippen LogP contribution >= 0.6 is 11.6 Å². The molecule has 2 heterocycles.